The van der Waals surface area contributed by atoms with Crippen LogP contribution in [0.4, 0.5) is 5.82 Å². The molecule has 0 bridgehead atoms. The fourth-order valence-corrected chi connectivity index (χ4v) is 1.98. The van der Waals surface area contributed by atoms with E-state index in [0.717, 1.165) is 42.7 Å². The first-order valence-corrected chi connectivity index (χ1v) is 7.30. The average molecular weight is 273 g/mol. The van der Waals surface area contributed by atoms with Gasteiger partial charge in [-0.05, 0) is 13.3 Å². The molecule has 2 rings (SSSR count). The Morgan fingerprint density at radius 3 is 2.70 bits per heavy atom. The van der Waals surface area contributed by atoms with Gasteiger partial charge in [0.15, 0.2) is 5.82 Å². The Labute approximate surface area is 120 Å². The van der Waals surface area contributed by atoms with Crippen molar-refractivity contribution in [2.75, 3.05) is 11.9 Å². The van der Waals surface area contributed by atoms with E-state index in [0.29, 0.717) is 5.92 Å². The first-order chi connectivity index (χ1) is 9.65. The molecule has 0 fully saturated rings. The lowest BCUT2D eigenvalue weighted by atomic mass is 10.2. The predicted octanol–water partition coefficient (Wildman–Crippen LogP) is 3.31. The number of nitrogens with zero attached hydrogens (tertiary/aromatic N) is 4. The van der Waals surface area contributed by atoms with Crippen LogP contribution in [-0.2, 0) is 6.54 Å². The van der Waals surface area contributed by atoms with Gasteiger partial charge in [0.2, 0.25) is 0 Å². The van der Waals surface area contributed by atoms with E-state index in [-0.39, 0.29) is 0 Å². The minimum Gasteiger partial charge on any atom is -0.370 e. The molecule has 5 nitrogen and oxygen atoms in total. The number of rotatable bonds is 6. The van der Waals surface area contributed by atoms with Crippen LogP contribution < -0.4 is 5.32 Å². The molecule has 0 aliphatic rings. The highest BCUT2D eigenvalue weighted by molar-refractivity contribution is 5.56. The van der Waals surface area contributed by atoms with Gasteiger partial charge in [-0.25, -0.2) is 15.0 Å². The molecule has 0 unspecified atom stereocenters. The summed E-state index contributed by atoms with van der Waals surface area (Å²) in [7, 11) is 0. The summed E-state index contributed by atoms with van der Waals surface area (Å²) in [6, 6.07) is 1.98. The molecule has 0 aliphatic carbocycles. The molecular weight excluding hydrogens is 250 g/mol. The lowest BCUT2D eigenvalue weighted by molar-refractivity contribution is 0.752. The normalized spacial score (nSPS) is 11.1. The summed E-state index contributed by atoms with van der Waals surface area (Å²) < 4.78 is 2.09. The van der Waals surface area contributed by atoms with Crippen molar-refractivity contribution < 1.29 is 0 Å². The summed E-state index contributed by atoms with van der Waals surface area (Å²) in [5.74, 6) is 2.93. The second kappa shape index (κ2) is 6.50. The van der Waals surface area contributed by atoms with Gasteiger partial charge < -0.3 is 9.88 Å². The molecule has 2 aromatic heterocycles. The molecule has 20 heavy (non-hydrogen) atoms. The van der Waals surface area contributed by atoms with Gasteiger partial charge in [-0.2, -0.15) is 0 Å². The van der Waals surface area contributed by atoms with Crippen molar-refractivity contribution in [3.8, 4) is 11.5 Å². The Morgan fingerprint density at radius 1 is 1.25 bits per heavy atom. The molecular formula is C15H23N5. The van der Waals surface area contributed by atoms with Gasteiger partial charge in [-0.1, -0.05) is 20.8 Å². The average Bonchev–Trinajstić information content (AvgIpc) is 2.93. The molecule has 0 saturated heterocycles. The summed E-state index contributed by atoms with van der Waals surface area (Å²) in [6.45, 7) is 10.3. The van der Waals surface area contributed by atoms with Crippen molar-refractivity contribution in [2.24, 2.45) is 0 Å². The van der Waals surface area contributed by atoms with Crippen molar-refractivity contribution in [3.05, 3.63) is 24.3 Å². The number of hydrogen-bond donors (Lipinski definition) is 1. The van der Waals surface area contributed by atoms with Crippen LogP contribution in [-0.4, -0.2) is 26.1 Å². The van der Waals surface area contributed by atoms with E-state index in [4.69, 9.17) is 0 Å². The van der Waals surface area contributed by atoms with E-state index in [1.807, 2.05) is 18.5 Å². The molecule has 0 atom stereocenters. The third kappa shape index (κ3) is 3.15. The third-order valence-electron chi connectivity index (χ3n) is 3.10. The topological polar surface area (TPSA) is 55.6 Å². The summed E-state index contributed by atoms with van der Waals surface area (Å²) in [6.07, 6.45) is 4.86. The van der Waals surface area contributed by atoms with Crippen LogP contribution in [0.3, 0.4) is 0 Å². The van der Waals surface area contributed by atoms with Crippen molar-refractivity contribution in [3.63, 3.8) is 0 Å². The van der Waals surface area contributed by atoms with Crippen LogP contribution in [0.1, 0.15) is 45.9 Å². The molecule has 0 aliphatic heterocycles. The monoisotopic (exact) mass is 273 g/mol. The number of aryl methyl sites for hydroxylation is 1. The molecule has 108 valence electrons. The smallest absolute Gasteiger partial charge is 0.158 e. The van der Waals surface area contributed by atoms with Crippen molar-refractivity contribution >= 4 is 5.82 Å². The molecule has 5 heteroatoms. The predicted molar refractivity (Wildman–Crippen MR) is 81.8 cm³/mol. The number of anilines is 1. The SMILES string of the molecule is CCCNc1cc(-c2nccn2CC)nc(C(C)C)n1. The zero-order valence-electron chi connectivity index (χ0n) is 12.7. The molecule has 0 aromatic carbocycles. The molecule has 0 spiro atoms. The number of imidazole rings is 1. The van der Waals surface area contributed by atoms with E-state index in [2.05, 4.69) is 52.5 Å². The highest BCUT2D eigenvalue weighted by Gasteiger charge is 2.12. The fourth-order valence-electron chi connectivity index (χ4n) is 1.98. The third-order valence-corrected chi connectivity index (χ3v) is 3.10. The second-order valence-electron chi connectivity index (χ2n) is 5.11. The molecule has 2 heterocycles. The van der Waals surface area contributed by atoms with Crippen LogP contribution in [0.2, 0.25) is 0 Å². The fraction of sp³-hybridized carbons (Fsp3) is 0.533. The minimum absolute atomic E-state index is 0.294. The zero-order chi connectivity index (χ0) is 14.5. The van der Waals surface area contributed by atoms with Crippen molar-refractivity contribution in [2.45, 2.75) is 46.6 Å². The Morgan fingerprint density at radius 2 is 2.05 bits per heavy atom. The van der Waals surface area contributed by atoms with Gasteiger partial charge in [0.25, 0.3) is 0 Å². The van der Waals surface area contributed by atoms with Gasteiger partial charge in [0.05, 0.1) is 0 Å². The van der Waals surface area contributed by atoms with Crippen LogP contribution in [0.5, 0.6) is 0 Å². The van der Waals surface area contributed by atoms with Gasteiger partial charge >= 0.3 is 0 Å². The first-order valence-electron chi connectivity index (χ1n) is 7.30. The molecule has 1 N–H and O–H groups in total. The number of nitrogens with one attached hydrogen (secondary N) is 1. The summed E-state index contributed by atoms with van der Waals surface area (Å²) in [4.78, 5) is 13.7. The Hall–Kier alpha value is -1.91. The number of hydrogen-bond acceptors (Lipinski definition) is 4. The largest absolute Gasteiger partial charge is 0.370 e. The maximum Gasteiger partial charge on any atom is 0.158 e. The maximum absolute atomic E-state index is 4.66. The van der Waals surface area contributed by atoms with Gasteiger partial charge in [-0.15, -0.1) is 0 Å². The standard InChI is InChI=1S/C15H23N5/c1-5-7-16-13-10-12(18-14(19-13)11(3)4)15-17-8-9-20(15)6-2/h8-11H,5-7H2,1-4H3,(H,16,18,19). The van der Waals surface area contributed by atoms with Gasteiger partial charge in [-0.3, -0.25) is 0 Å². The van der Waals surface area contributed by atoms with Crippen molar-refractivity contribution in [1.29, 1.82) is 0 Å². The minimum atomic E-state index is 0.294. The van der Waals surface area contributed by atoms with Crippen LogP contribution >= 0.6 is 0 Å². The van der Waals surface area contributed by atoms with Crippen LogP contribution in [0.25, 0.3) is 11.5 Å². The van der Waals surface area contributed by atoms with E-state index < -0.39 is 0 Å². The van der Waals surface area contributed by atoms with Crippen LogP contribution in [0, 0.1) is 0 Å². The van der Waals surface area contributed by atoms with Gasteiger partial charge in [0.1, 0.15) is 17.3 Å². The summed E-state index contributed by atoms with van der Waals surface area (Å²) >= 11 is 0. The van der Waals surface area contributed by atoms with E-state index >= 15 is 0 Å². The van der Waals surface area contributed by atoms with Crippen LogP contribution in [0.15, 0.2) is 18.5 Å². The highest BCUT2D eigenvalue weighted by Crippen LogP contribution is 2.21. The Kier molecular flexibility index (Phi) is 4.71. The van der Waals surface area contributed by atoms with E-state index in [9.17, 15) is 0 Å². The molecule has 2 aromatic rings. The quantitative estimate of drug-likeness (QED) is 0.877. The Bertz CT molecular complexity index is 559. The van der Waals surface area contributed by atoms with E-state index in [1.165, 1.54) is 0 Å². The lowest BCUT2D eigenvalue weighted by Gasteiger charge is -2.12. The number of aromatic nitrogens is 4. The van der Waals surface area contributed by atoms with Crippen molar-refractivity contribution in [1.82, 2.24) is 19.5 Å². The lowest BCUT2D eigenvalue weighted by Crippen LogP contribution is -2.08. The summed E-state index contributed by atoms with van der Waals surface area (Å²) in [5, 5.41) is 3.34. The molecule has 0 amide bonds. The van der Waals surface area contributed by atoms with Gasteiger partial charge in [0, 0.05) is 37.5 Å². The second-order valence-corrected chi connectivity index (χ2v) is 5.11. The summed E-state index contributed by atoms with van der Waals surface area (Å²) in [5.41, 5.74) is 0.883. The highest BCUT2D eigenvalue weighted by atomic mass is 15.1. The molecule has 0 saturated carbocycles. The molecule has 0 radical (unpaired) electrons. The van der Waals surface area contributed by atoms with E-state index in [1.54, 1.807) is 0 Å². The maximum atomic E-state index is 4.66. The zero-order valence-corrected chi connectivity index (χ0v) is 12.7. The Balaban J connectivity index is 2.43. The first kappa shape index (κ1) is 14.5.